The van der Waals surface area contributed by atoms with Gasteiger partial charge in [0.05, 0.1) is 10.2 Å². The highest BCUT2D eigenvalue weighted by Crippen LogP contribution is 2.22. The lowest BCUT2D eigenvalue weighted by Crippen LogP contribution is -2.31. The first-order chi connectivity index (χ1) is 9.19. The predicted octanol–water partition coefficient (Wildman–Crippen LogP) is 2.20. The van der Waals surface area contributed by atoms with Crippen LogP contribution in [0, 0.1) is 0 Å². The van der Waals surface area contributed by atoms with E-state index in [0.717, 1.165) is 15.2 Å². The van der Waals surface area contributed by atoms with Crippen LogP contribution in [0.15, 0.2) is 30.3 Å². The molecule has 0 aliphatic carbocycles. The number of carbonyl (C=O) groups excluding carboxylic acids is 1. The highest BCUT2D eigenvalue weighted by atomic mass is 32.1. The summed E-state index contributed by atoms with van der Waals surface area (Å²) in [6.07, 6.45) is 3.75. The molecule has 2 aromatic rings. The van der Waals surface area contributed by atoms with Gasteiger partial charge in [-0.1, -0.05) is 12.1 Å². The third-order valence-corrected chi connectivity index (χ3v) is 3.64. The van der Waals surface area contributed by atoms with Gasteiger partial charge in [-0.05, 0) is 31.6 Å². The zero-order chi connectivity index (χ0) is 13.7. The Bertz CT molecular complexity index is 559. The number of aromatic nitrogens is 1. The third kappa shape index (κ3) is 3.87. The number of hydrogen-bond donors (Lipinski definition) is 2. The van der Waals surface area contributed by atoms with Crippen LogP contribution >= 0.6 is 11.3 Å². The monoisotopic (exact) mass is 276 g/mol. The van der Waals surface area contributed by atoms with Crippen molar-refractivity contribution in [3.63, 3.8) is 0 Å². The number of hydrogen-bond acceptors (Lipinski definition) is 4. The Kier molecular flexibility index (Phi) is 4.65. The molecule has 0 aliphatic rings. The zero-order valence-electron chi connectivity index (χ0n) is 10.7. The summed E-state index contributed by atoms with van der Waals surface area (Å²) < 4.78 is 1.11. The number of carbonyl (C=O) groups is 1. The van der Waals surface area contributed by atoms with Gasteiger partial charge in [0, 0.05) is 18.7 Å². The molecule has 0 fully saturated rings. The summed E-state index contributed by atoms with van der Waals surface area (Å²) in [7, 11) is 0. The van der Waals surface area contributed by atoms with E-state index >= 15 is 0 Å². The Morgan fingerprint density at radius 1 is 1.53 bits per heavy atom. The van der Waals surface area contributed by atoms with Crippen molar-refractivity contribution in [1.82, 2.24) is 10.3 Å². The smallest absolute Gasteiger partial charge is 0.244 e. The van der Waals surface area contributed by atoms with Crippen molar-refractivity contribution in [2.24, 2.45) is 0 Å². The molecule has 5 heteroatoms. The maximum Gasteiger partial charge on any atom is 0.244 e. The summed E-state index contributed by atoms with van der Waals surface area (Å²) in [6, 6.07) is 7.84. The number of benzene rings is 1. The van der Waals surface area contributed by atoms with Crippen molar-refractivity contribution in [2.45, 2.75) is 19.4 Å². The first-order valence-electron chi connectivity index (χ1n) is 6.14. The predicted molar refractivity (Wildman–Crippen MR) is 78.0 cm³/mol. The van der Waals surface area contributed by atoms with Gasteiger partial charge in [-0.2, -0.15) is 0 Å². The average Bonchev–Trinajstić information content (AvgIpc) is 2.79. The summed E-state index contributed by atoms with van der Waals surface area (Å²) in [4.78, 5) is 16.0. The molecule has 0 bridgehead atoms. The lowest BCUT2D eigenvalue weighted by atomic mass is 10.2. The van der Waals surface area contributed by atoms with Gasteiger partial charge in [-0.3, -0.25) is 4.79 Å². The molecule has 2 N–H and O–H groups in total. The van der Waals surface area contributed by atoms with E-state index < -0.39 is 0 Å². The van der Waals surface area contributed by atoms with E-state index in [-0.39, 0.29) is 18.6 Å². The van der Waals surface area contributed by atoms with Crippen LogP contribution in [0.5, 0.6) is 0 Å². The van der Waals surface area contributed by atoms with Gasteiger partial charge in [-0.25, -0.2) is 4.98 Å². The lowest BCUT2D eigenvalue weighted by Gasteiger charge is -2.09. The highest BCUT2D eigenvalue weighted by molar-refractivity contribution is 7.19. The molecule has 1 heterocycles. The van der Waals surface area contributed by atoms with Gasteiger partial charge < -0.3 is 10.4 Å². The van der Waals surface area contributed by atoms with E-state index in [9.17, 15) is 4.79 Å². The van der Waals surface area contributed by atoms with E-state index in [2.05, 4.69) is 10.3 Å². The normalized spacial score (nSPS) is 12.9. The van der Waals surface area contributed by atoms with Gasteiger partial charge in [0.25, 0.3) is 0 Å². The van der Waals surface area contributed by atoms with Gasteiger partial charge in [0.1, 0.15) is 5.01 Å². The zero-order valence-corrected chi connectivity index (χ0v) is 11.5. The van der Waals surface area contributed by atoms with Crippen LogP contribution in [-0.2, 0) is 4.79 Å². The highest BCUT2D eigenvalue weighted by Gasteiger charge is 2.04. The van der Waals surface area contributed by atoms with Gasteiger partial charge in [-0.15, -0.1) is 11.3 Å². The first kappa shape index (κ1) is 13.7. The molecule has 1 aromatic carbocycles. The number of para-hydroxylation sites is 1. The van der Waals surface area contributed by atoms with Crippen LogP contribution in [0.25, 0.3) is 16.3 Å². The van der Waals surface area contributed by atoms with E-state index in [4.69, 9.17) is 5.11 Å². The van der Waals surface area contributed by atoms with Crippen molar-refractivity contribution >= 4 is 33.5 Å². The molecule has 1 unspecified atom stereocenters. The third-order valence-electron chi connectivity index (χ3n) is 2.64. The van der Waals surface area contributed by atoms with Crippen LogP contribution in [-0.4, -0.2) is 28.6 Å². The Hall–Kier alpha value is -1.72. The van der Waals surface area contributed by atoms with Crippen molar-refractivity contribution in [3.8, 4) is 0 Å². The Morgan fingerprint density at radius 2 is 2.32 bits per heavy atom. The number of thiazole rings is 1. The molecule has 0 aliphatic heterocycles. The number of aliphatic hydroxyl groups is 1. The molecule has 2 rings (SSSR count). The minimum absolute atomic E-state index is 0.0301. The summed E-state index contributed by atoms with van der Waals surface area (Å²) in [5, 5.41) is 12.3. The number of rotatable bonds is 5. The first-order valence-corrected chi connectivity index (χ1v) is 6.95. The molecule has 0 radical (unpaired) electrons. The maximum absolute atomic E-state index is 11.6. The molecule has 1 amide bonds. The van der Waals surface area contributed by atoms with Crippen molar-refractivity contribution in [1.29, 1.82) is 0 Å². The van der Waals surface area contributed by atoms with E-state index in [1.54, 1.807) is 17.4 Å². The van der Waals surface area contributed by atoms with Crippen molar-refractivity contribution in [3.05, 3.63) is 35.3 Å². The van der Waals surface area contributed by atoms with Gasteiger partial charge in [0.15, 0.2) is 0 Å². The lowest BCUT2D eigenvalue weighted by molar-refractivity contribution is -0.117. The second kappa shape index (κ2) is 6.45. The van der Waals surface area contributed by atoms with Crippen LogP contribution in [0.4, 0.5) is 0 Å². The largest absolute Gasteiger partial charge is 0.396 e. The van der Waals surface area contributed by atoms with Crippen LogP contribution < -0.4 is 5.32 Å². The standard InChI is InChI=1S/C14H16N2O2S/c1-10(8-9-17)15-13(18)6-7-14-16-11-4-2-3-5-12(11)19-14/h2-7,10,17H,8-9H2,1H3,(H,15,18)/b7-6+. The number of aliphatic hydroxyl groups excluding tert-OH is 1. The molecule has 4 nitrogen and oxygen atoms in total. The fourth-order valence-corrected chi connectivity index (χ4v) is 2.54. The summed E-state index contributed by atoms with van der Waals surface area (Å²) in [5.74, 6) is -0.166. The number of amides is 1. The molecular weight excluding hydrogens is 260 g/mol. The molecule has 19 heavy (non-hydrogen) atoms. The Labute approximate surface area is 115 Å². The van der Waals surface area contributed by atoms with Crippen LogP contribution in [0.2, 0.25) is 0 Å². The summed E-state index contributed by atoms with van der Waals surface area (Å²) in [6.45, 7) is 1.93. The molecule has 1 aromatic heterocycles. The minimum Gasteiger partial charge on any atom is -0.396 e. The maximum atomic E-state index is 11.6. The molecule has 100 valence electrons. The van der Waals surface area contributed by atoms with Crippen LogP contribution in [0.1, 0.15) is 18.4 Å². The fourth-order valence-electron chi connectivity index (χ4n) is 1.67. The number of nitrogens with one attached hydrogen (secondary N) is 1. The molecule has 0 saturated heterocycles. The summed E-state index contributed by atoms with van der Waals surface area (Å²) >= 11 is 1.55. The Balaban J connectivity index is 1.99. The van der Waals surface area contributed by atoms with E-state index in [1.165, 1.54) is 6.08 Å². The van der Waals surface area contributed by atoms with Gasteiger partial charge in [0.2, 0.25) is 5.91 Å². The van der Waals surface area contributed by atoms with Crippen LogP contribution in [0.3, 0.4) is 0 Å². The minimum atomic E-state index is -0.166. The van der Waals surface area contributed by atoms with E-state index in [1.807, 2.05) is 31.2 Å². The second-order valence-electron chi connectivity index (χ2n) is 4.28. The summed E-state index contributed by atoms with van der Waals surface area (Å²) in [5.41, 5.74) is 0.946. The average molecular weight is 276 g/mol. The van der Waals surface area contributed by atoms with Gasteiger partial charge >= 0.3 is 0 Å². The molecular formula is C14H16N2O2S. The number of nitrogens with zero attached hydrogens (tertiary/aromatic N) is 1. The molecule has 0 spiro atoms. The molecule has 0 saturated carbocycles. The van der Waals surface area contributed by atoms with E-state index in [0.29, 0.717) is 6.42 Å². The SMILES string of the molecule is CC(CCO)NC(=O)/C=C/c1nc2ccccc2s1. The van der Waals surface area contributed by atoms with Crippen molar-refractivity contribution < 1.29 is 9.90 Å². The molecule has 1 atom stereocenters. The number of fused-ring (bicyclic) bond motifs is 1. The topological polar surface area (TPSA) is 62.2 Å². The van der Waals surface area contributed by atoms with Crippen molar-refractivity contribution in [2.75, 3.05) is 6.61 Å². The quantitative estimate of drug-likeness (QED) is 0.823. The Morgan fingerprint density at radius 3 is 3.05 bits per heavy atom. The second-order valence-corrected chi connectivity index (χ2v) is 5.34. The fraction of sp³-hybridized carbons (Fsp3) is 0.286.